The van der Waals surface area contributed by atoms with Gasteiger partial charge in [0.15, 0.2) is 5.15 Å². The fraction of sp³-hybridized carbons (Fsp3) is 0.169. The van der Waals surface area contributed by atoms with Crippen molar-refractivity contribution in [2.75, 3.05) is 16.8 Å². The minimum Gasteiger partial charge on any atom is -0.382 e. The Morgan fingerprint density at radius 1 is 0.585 bits per heavy atom. The molecule has 0 aliphatic rings. The van der Waals surface area contributed by atoms with Gasteiger partial charge in [0.05, 0.1) is 29.2 Å². The molecule has 0 spiro atoms. The van der Waals surface area contributed by atoms with Crippen LogP contribution in [-0.4, -0.2) is 46.8 Å². The molecule has 0 saturated carbocycles. The van der Waals surface area contributed by atoms with E-state index in [0.29, 0.717) is 33.8 Å². The van der Waals surface area contributed by atoms with Gasteiger partial charge >= 0.3 is 0 Å². The zero-order chi connectivity index (χ0) is 58.1. The number of aryl methyl sites for hydroxylation is 3. The second-order valence-electron chi connectivity index (χ2n) is 18.5. The number of nitrogens with zero attached hydrogens (tertiary/aromatic N) is 15. The molecule has 8 aromatic heterocycles. The van der Waals surface area contributed by atoms with E-state index < -0.39 is 6.04 Å². The number of azide groups is 1. The lowest BCUT2D eigenvalue weighted by atomic mass is 10.2. The molecule has 3 aromatic carbocycles. The Kier molecular flexibility index (Phi) is 18.5. The van der Waals surface area contributed by atoms with Gasteiger partial charge in [0.1, 0.15) is 69.9 Å². The standard InChI is InChI=1S/C21H19N7O.C16H15N5O.C16H17N3O.C5H3ClN4.CH4/c1-13-8-9-27-11-17(14(2)26-20-16(10-22)19(23)24-12-25-20)28(21(29)18(13)27)15-6-4-3-5-7-15;1-11-8-9-20-10-14(12(2)18-19-17)21(16(22)15(11)20)13-6-4-3-5-7-13;1-11-8-9-18-10-14(12(2)17)19(16(20)15(11)18)13-6-4-3-5-7-13;6-4-3(1-7)5(8)10-2-9-4;/h3-9,11-12,14H,1-2H3,(H3,23,24,25,26);3-10,12H,1-2H3;3-10,12H,17H2,1-2H3;2H,(H2,8,9,10);1H4. The van der Waals surface area contributed by atoms with Crippen molar-refractivity contribution in [3.63, 3.8) is 0 Å². The maximum atomic E-state index is 13.4. The summed E-state index contributed by atoms with van der Waals surface area (Å²) in [6, 6.07) is 36.9. The summed E-state index contributed by atoms with van der Waals surface area (Å²) >= 11 is 5.48. The number of aromatic nitrogens is 10. The number of anilines is 3. The van der Waals surface area contributed by atoms with Gasteiger partial charge < -0.3 is 35.7 Å². The first-order valence-electron chi connectivity index (χ1n) is 25.1. The third kappa shape index (κ3) is 12.1. The highest BCUT2D eigenvalue weighted by atomic mass is 35.5. The molecule has 0 aliphatic heterocycles. The largest absolute Gasteiger partial charge is 0.382 e. The van der Waals surface area contributed by atoms with Gasteiger partial charge in [0.2, 0.25) is 0 Å². The second-order valence-corrected chi connectivity index (χ2v) is 18.9. The van der Waals surface area contributed by atoms with E-state index in [1.54, 1.807) is 31.1 Å². The summed E-state index contributed by atoms with van der Waals surface area (Å²) in [7, 11) is 0. The quantitative estimate of drug-likeness (QED) is 0.0453. The van der Waals surface area contributed by atoms with Crippen LogP contribution < -0.4 is 39.2 Å². The van der Waals surface area contributed by atoms with Crippen LogP contribution in [0.3, 0.4) is 0 Å². The summed E-state index contributed by atoms with van der Waals surface area (Å²) in [6.45, 7) is 11.3. The Hall–Kier alpha value is -10.8. The molecule has 23 heteroatoms. The zero-order valence-corrected chi connectivity index (χ0v) is 45.5. The van der Waals surface area contributed by atoms with Crippen LogP contribution in [-0.2, 0) is 0 Å². The van der Waals surface area contributed by atoms with E-state index in [1.165, 1.54) is 12.7 Å². The van der Waals surface area contributed by atoms with Crippen LogP contribution in [0.25, 0.3) is 44.1 Å². The van der Waals surface area contributed by atoms with Crippen molar-refractivity contribution in [2.45, 2.75) is 67.1 Å². The first kappa shape index (κ1) is 58.9. The normalized spacial score (nSPS) is 11.6. The highest BCUT2D eigenvalue weighted by molar-refractivity contribution is 6.30. The molecule has 0 aliphatic carbocycles. The fourth-order valence-electron chi connectivity index (χ4n) is 9.04. The lowest BCUT2D eigenvalue weighted by Gasteiger charge is -2.21. The van der Waals surface area contributed by atoms with Crippen molar-refractivity contribution in [1.82, 2.24) is 46.8 Å². The molecule has 7 N–H and O–H groups in total. The molecule has 0 radical (unpaired) electrons. The Balaban J connectivity index is 0.000000165. The van der Waals surface area contributed by atoms with E-state index in [0.717, 1.165) is 39.4 Å². The summed E-state index contributed by atoms with van der Waals surface area (Å²) in [5.41, 5.74) is 35.1. The number of fused-ring (bicyclic) bond motifs is 3. The topological polar surface area (TPSA) is 317 Å². The van der Waals surface area contributed by atoms with Gasteiger partial charge in [-0.3, -0.25) is 28.1 Å². The van der Waals surface area contributed by atoms with Crippen molar-refractivity contribution >= 4 is 45.6 Å². The summed E-state index contributed by atoms with van der Waals surface area (Å²) in [6.07, 6.45) is 13.8. The number of hydrogen-bond donors (Lipinski definition) is 4. The van der Waals surface area contributed by atoms with Gasteiger partial charge in [-0.25, -0.2) is 19.9 Å². The van der Waals surface area contributed by atoms with E-state index in [2.05, 4.69) is 35.3 Å². The Morgan fingerprint density at radius 2 is 0.963 bits per heavy atom. The molecule has 0 amide bonds. The van der Waals surface area contributed by atoms with Crippen LogP contribution in [0.1, 0.15) is 91.2 Å². The Morgan fingerprint density at radius 3 is 1.35 bits per heavy atom. The molecule has 82 heavy (non-hydrogen) atoms. The van der Waals surface area contributed by atoms with Crippen LogP contribution in [0.15, 0.2) is 179 Å². The van der Waals surface area contributed by atoms with E-state index in [1.807, 2.05) is 196 Å². The first-order chi connectivity index (χ1) is 39.0. The molecule has 3 atom stereocenters. The number of para-hydroxylation sites is 3. The van der Waals surface area contributed by atoms with Crippen LogP contribution in [0.4, 0.5) is 17.5 Å². The molecule has 0 bridgehead atoms. The summed E-state index contributed by atoms with van der Waals surface area (Å²) in [5.74, 6) is 0.542. The molecule has 0 saturated heterocycles. The van der Waals surface area contributed by atoms with Gasteiger partial charge in [-0.15, -0.1) is 0 Å². The molecular formula is C59H58ClN19O3. The van der Waals surface area contributed by atoms with Crippen molar-refractivity contribution in [3.05, 3.63) is 251 Å². The Bertz CT molecular complexity index is 4390. The molecule has 3 unspecified atom stereocenters. The number of halogens is 1. The molecule has 8 heterocycles. The second kappa shape index (κ2) is 25.8. The Labute approximate surface area is 475 Å². The predicted octanol–water partition coefficient (Wildman–Crippen LogP) is 10.2. The van der Waals surface area contributed by atoms with Crippen LogP contribution in [0.2, 0.25) is 5.15 Å². The number of rotatable bonds is 9. The van der Waals surface area contributed by atoms with Crippen molar-refractivity contribution in [2.24, 2.45) is 10.8 Å². The number of hydrogen-bond acceptors (Lipinski definition) is 14. The SMILES string of the molecule is C.Cc1ccn2cc(C(C)N)n(-c3ccccc3)c(=O)c12.Cc1ccn2cc(C(C)N=[N+]=[N-])n(-c3ccccc3)c(=O)c12.Cc1ccn2cc(C(C)Nc3ncnc(N)c3C#N)n(-c3ccccc3)c(=O)c12.N#Cc1c(N)ncnc1Cl. The zero-order valence-electron chi connectivity index (χ0n) is 44.8. The number of nitrogens with one attached hydrogen (secondary N) is 1. The summed E-state index contributed by atoms with van der Waals surface area (Å²) < 4.78 is 10.5. The molecule has 414 valence electrons. The third-order valence-electron chi connectivity index (χ3n) is 13.0. The van der Waals surface area contributed by atoms with Gasteiger partial charge in [-0.1, -0.05) is 85.7 Å². The first-order valence-corrected chi connectivity index (χ1v) is 25.5. The fourth-order valence-corrected chi connectivity index (χ4v) is 9.23. The van der Waals surface area contributed by atoms with Crippen LogP contribution in [0.5, 0.6) is 0 Å². The monoisotopic (exact) mass is 1120 g/mol. The van der Waals surface area contributed by atoms with Crippen molar-refractivity contribution in [1.29, 1.82) is 10.5 Å². The molecular weight excluding hydrogens is 1060 g/mol. The van der Waals surface area contributed by atoms with E-state index in [4.69, 9.17) is 39.6 Å². The molecule has 11 rings (SSSR count). The highest BCUT2D eigenvalue weighted by Gasteiger charge is 2.21. The van der Waals surface area contributed by atoms with Crippen molar-refractivity contribution in [3.8, 4) is 29.2 Å². The predicted molar refractivity (Wildman–Crippen MR) is 319 cm³/mol. The number of benzene rings is 3. The van der Waals surface area contributed by atoms with Gasteiger partial charge in [-0.2, -0.15) is 10.5 Å². The van der Waals surface area contributed by atoms with Crippen LogP contribution in [0, 0.1) is 43.4 Å². The average Bonchev–Trinajstić information content (AvgIpc) is 4.20. The molecule has 22 nitrogen and oxygen atoms in total. The van der Waals surface area contributed by atoms with Gasteiger partial charge in [-0.05, 0) is 111 Å². The lowest BCUT2D eigenvalue weighted by Crippen LogP contribution is -2.27. The molecule has 0 fully saturated rings. The minimum absolute atomic E-state index is 0. The van der Waals surface area contributed by atoms with Gasteiger partial charge in [0.25, 0.3) is 16.7 Å². The summed E-state index contributed by atoms with van der Waals surface area (Å²) in [5, 5.41) is 24.8. The lowest BCUT2D eigenvalue weighted by molar-refractivity contribution is 0.713. The number of nitriles is 2. The minimum atomic E-state index is -0.454. The summed E-state index contributed by atoms with van der Waals surface area (Å²) in [4.78, 5) is 57.2. The maximum Gasteiger partial charge on any atom is 0.279 e. The maximum absolute atomic E-state index is 13.4. The molecule has 11 aromatic rings. The van der Waals surface area contributed by atoms with Gasteiger partial charge in [0, 0.05) is 65.2 Å². The van der Waals surface area contributed by atoms with E-state index in [9.17, 15) is 19.6 Å². The highest BCUT2D eigenvalue weighted by Crippen LogP contribution is 2.26. The third-order valence-corrected chi connectivity index (χ3v) is 13.3. The smallest absolute Gasteiger partial charge is 0.279 e. The number of nitrogen functional groups attached to an aromatic ring is 2. The van der Waals surface area contributed by atoms with E-state index >= 15 is 0 Å². The van der Waals surface area contributed by atoms with E-state index in [-0.39, 0.29) is 64.1 Å². The van der Waals surface area contributed by atoms with Crippen molar-refractivity contribution < 1.29 is 0 Å². The average molecular weight is 1120 g/mol. The van der Waals surface area contributed by atoms with Crippen LogP contribution >= 0.6 is 11.6 Å². The number of nitrogens with two attached hydrogens (primary N) is 3.